The molecule has 2 aromatic heterocycles. The lowest BCUT2D eigenvalue weighted by atomic mass is 10.1. The number of hydrogen-bond donors (Lipinski definition) is 0. The lowest BCUT2D eigenvalue weighted by Crippen LogP contribution is -2.42. The summed E-state index contributed by atoms with van der Waals surface area (Å²) < 4.78 is 21.5. The van der Waals surface area contributed by atoms with Crippen LogP contribution in [0.5, 0.6) is 0 Å². The number of halogens is 1. The van der Waals surface area contributed by atoms with Crippen LogP contribution < -0.4 is 0 Å². The summed E-state index contributed by atoms with van der Waals surface area (Å²) in [7, 11) is 1.79. The number of aromatic nitrogens is 4. The first-order chi connectivity index (χ1) is 13.5. The highest BCUT2D eigenvalue weighted by atomic mass is 19.1. The Morgan fingerprint density at radius 2 is 2.11 bits per heavy atom. The van der Waals surface area contributed by atoms with Gasteiger partial charge in [-0.2, -0.15) is 5.10 Å². The zero-order chi connectivity index (χ0) is 19.7. The minimum Gasteiger partial charge on any atom is -0.368 e. The van der Waals surface area contributed by atoms with E-state index >= 15 is 0 Å². The minimum atomic E-state index is -0.422. The van der Waals surface area contributed by atoms with Gasteiger partial charge in [0.1, 0.15) is 11.9 Å². The van der Waals surface area contributed by atoms with Crippen molar-refractivity contribution >= 4 is 5.91 Å². The molecule has 3 heterocycles. The molecule has 0 unspecified atom stereocenters. The summed E-state index contributed by atoms with van der Waals surface area (Å²) in [5.74, 6) is -0.445. The molecule has 0 spiro atoms. The summed E-state index contributed by atoms with van der Waals surface area (Å²) in [6.45, 7) is 3.04. The third kappa shape index (κ3) is 3.50. The number of ether oxygens (including phenoxy) is 1. The molecule has 3 aromatic rings. The molecule has 0 N–H and O–H groups in total. The Hall–Kier alpha value is -3.13. The molecule has 7 nitrogen and oxygen atoms in total. The Morgan fingerprint density at radius 1 is 1.29 bits per heavy atom. The van der Waals surface area contributed by atoms with Crippen molar-refractivity contribution in [1.29, 1.82) is 0 Å². The van der Waals surface area contributed by atoms with Crippen LogP contribution >= 0.6 is 0 Å². The lowest BCUT2D eigenvalue weighted by molar-refractivity contribution is -0.0248. The highest BCUT2D eigenvalue weighted by molar-refractivity contribution is 5.95. The number of morpholine rings is 1. The minimum absolute atomic E-state index is 0.0860. The van der Waals surface area contributed by atoms with E-state index in [2.05, 4.69) is 15.1 Å². The van der Waals surface area contributed by atoms with Crippen molar-refractivity contribution in [3.63, 3.8) is 0 Å². The third-order valence-electron chi connectivity index (χ3n) is 4.73. The predicted molar refractivity (Wildman–Crippen MR) is 100.0 cm³/mol. The Kier molecular flexibility index (Phi) is 4.87. The number of aryl methyl sites for hydroxylation is 2. The van der Waals surface area contributed by atoms with Gasteiger partial charge in [-0.1, -0.05) is 12.1 Å². The average molecular weight is 381 g/mol. The van der Waals surface area contributed by atoms with E-state index in [1.165, 1.54) is 12.3 Å². The van der Waals surface area contributed by atoms with E-state index in [0.717, 1.165) is 0 Å². The molecule has 1 amide bonds. The van der Waals surface area contributed by atoms with Gasteiger partial charge in [0.05, 0.1) is 48.2 Å². The maximum Gasteiger partial charge on any atom is 0.257 e. The lowest BCUT2D eigenvalue weighted by Gasteiger charge is -2.32. The summed E-state index contributed by atoms with van der Waals surface area (Å²) in [6, 6.07) is 6.42. The highest BCUT2D eigenvalue weighted by Crippen LogP contribution is 2.25. The van der Waals surface area contributed by atoms with Gasteiger partial charge in [0.25, 0.3) is 5.91 Å². The van der Waals surface area contributed by atoms with E-state index in [-0.39, 0.29) is 11.7 Å². The van der Waals surface area contributed by atoms with Gasteiger partial charge in [0, 0.05) is 25.4 Å². The second-order valence-corrected chi connectivity index (χ2v) is 6.72. The largest absolute Gasteiger partial charge is 0.368 e. The SMILES string of the molecule is Cc1nn(C)cc1C(=O)N1CCO[C@@H](c2cncc(-c3ccccc3F)n2)C1. The zero-order valence-corrected chi connectivity index (χ0v) is 15.7. The van der Waals surface area contributed by atoms with Gasteiger partial charge in [-0.15, -0.1) is 0 Å². The molecule has 1 aromatic carbocycles. The molecule has 144 valence electrons. The maximum absolute atomic E-state index is 14.1. The molecule has 8 heteroatoms. The summed E-state index contributed by atoms with van der Waals surface area (Å²) in [4.78, 5) is 23.3. The van der Waals surface area contributed by atoms with Crippen molar-refractivity contribution in [2.75, 3.05) is 19.7 Å². The smallest absolute Gasteiger partial charge is 0.257 e. The van der Waals surface area contributed by atoms with E-state index in [4.69, 9.17) is 4.74 Å². The van der Waals surface area contributed by atoms with Crippen LogP contribution in [0, 0.1) is 12.7 Å². The molecular formula is C20H20FN5O2. The molecule has 0 bridgehead atoms. The second kappa shape index (κ2) is 7.47. The molecular weight excluding hydrogens is 361 g/mol. The molecule has 0 radical (unpaired) electrons. The first-order valence-electron chi connectivity index (χ1n) is 9.01. The van der Waals surface area contributed by atoms with Gasteiger partial charge >= 0.3 is 0 Å². The van der Waals surface area contributed by atoms with Crippen molar-refractivity contribution in [2.45, 2.75) is 13.0 Å². The van der Waals surface area contributed by atoms with E-state index in [1.807, 2.05) is 6.92 Å². The molecule has 1 atom stereocenters. The van der Waals surface area contributed by atoms with E-state index < -0.39 is 6.10 Å². The fourth-order valence-electron chi connectivity index (χ4n) is 3.33. The third-order valence-corrected chi connectivity index (χ3v) is 4.73. The maximum atomic E-state index is 14.1. The average Bonchev–Trinajstić information content (AvgIpc) is 3.06. The van der Waals surface area contributed by atoms with E-state index in [1.54, 1.807) is 47.2 Å². The van der Waals surface area contributed by atoms with Gasteiger partial charge in [-0.05, 0) is 19.1 Å². The zero-order valence-electron chi connectivity index (χ0n) is 15.7. The molecule has 4 rings (SSSR count). The quantitative estimate of drug-likeness (QED) is 0.697. The Morgan fingerprint density at radius 3 is 2.86 bits per heavy atom. The van der Waals surface area contributed by atoms with Crippen LogP contribution in [0.2, 0.25) is 0 Å². The van der Waals surface area contributed by atoms with Crippen molar-refractivity contribution in [2.24, 2.45) is 7.05 Å². The predicted octanol–water partition coefficient (Wildman–Crippen LogP) is 2.54. The number of hydrogen-bond acceptors (Lipinski definition) is 5. The Balaban J connectivity index is 1.57. The summed E-state index contributed by atoms with van der Waals surface area (Å²) in [5.41, 5.74) is 2.66. The van der Waals surface area contributed by atoms with Crippen molar-refractivity contribution < 1.29 is 13.9 Å². The van der Waals surface area contributed by atoms with E-state index in [9.17, 15) is 9.18 Å². The number of nitrogens with zero attached hydrogens (tertiary/aromatic N) is 5. The molecule has 0 saturated carbocycles. The van der Waals surface area contributed by atoms with Crippen LogP contribution in [-0.2, 0) is 11.8 Å². The molecule has 1 fully saturated rings. The molecule has 0 aliphatic carbocycles. The van der Waals surface area contributed by atoms with Gasteiger partial charge < -0.3 is 9.64 Å². The Labute approximate surface area is 161 Å². The first-order valence-corrected chi connectivity index (χ1v) is 9.01. The summed E-state index contributed by atoms with van der Waals surface area (Å²) in [5, 5.41) is 4.24. The first kappa shape index (κ1) is 18.2. The number of amides is 1. The van der Waals surface area contributed by atoms with Crippen LogP contribution in [0.15, 0.2) is 42.9 Å². The van der Waals surface area contributed by atoms with Gasteiger partial charge in [-0.3, -0.25) is 14.5 Å². The van der Waals surface area contributed by atoms with Crippen LogP contribution in [0.1, 0.15) is 27.8 Å². The van der Waals surface area contributed by atoms with Crippen LogP contribution in [0.25, 0.3) is 11.3 Å². The number of carbonyl (C=O) groups excluding carboxylic acids is 1. The monoisotopic (exact) mass is 381 g/mol. The molecule has 28 heavy (non-hydrogen) atoms. The van der Waals surface area contributed by atoms with Gasteiger partial charge in [-0.25, -0.2) is 9.37 Å². The van der Waals surface area contributed by atoms with Crippen LogP contribution in [0.4, 0.5) is 4.39 Å². The van der Waals surface area contributed by atoms with Gasteiger partial charge in [0.2, 0.25) is 0 Å². The molecule has 1 aliphatic heterocycles. The number of benzene rings is 1. The van der Waals surface area contributed by atoms with Gasteiger partial charge in [0.15, 0.2) is 0 Å². The summed E-state index contributed by atoms with van der Waals surface area (Å²) >= 11 is 0. The topological polar surface area (TPSA) is 73.1 Å². The fraction of sp³-hybridized carbons (Fsp3) is 0.300. The second-order valence-electron chi connectivity index (χ2n) is 6.72. The van der Waals surface area contributed by atoms with Crippen molar-refractivity contribution in [1.82, 2.24) is 24.6 Å². The fourth-order valence-corrected chi connectivity index (χ4v) is 3.33. The van der Waals surface area contributed by atoms with Crippen molar-refractivity contribution in [3.8, 4) is 11.3 Å². The standard InChI is InChI=1S/C20H20FN5O2/c1-13-15(11-25(2)24-13)20(27)26-7-8-28-19(12-26)18-10-22-9-17(23-18)14-5-3-4-6-16(14)21/h3-6,9-11,19H,7-8,12H2,1-2H3/t19-/m1/s1. The number of carbonyl (C=O) groups is 1. The van der Waals surface area contributed by atoms with Crippen molar-refractivity contribution in [3.05, 3.63) is 65.6 Å². The molecule has 1 aliphatic rings. The van der Waals surface area contributed by atoms with Crippen LogP contribution in [0.3, 0.4) is 0 Å². The normalized spacial score (nSPS) is 17.0. The molecule has 1 saturated heterocycles. The Bertz CT molecular complexity index is 1020. The summed E-state index contributed by atoms with van der Waals surface area (Å²) in [6.07, 6.45) is 4.42. The van der Waals surface area contributed by atoms with Crippen LogP contribution in [-0.4, -0.2) is 50.3 Å². The van der Waals surface area contributed by atoms with E-state index in [0.29, 0.717) is 47.9 Å². The highest BCUT2D eigenvalue weighted by Gasteiger charge is 2.29. The number of rotatable bonds is 3.